The number of guanidine groups is 1. The average Bonchev–Trinajstić information content (AvgIpc) is 2.92. The number of nitrogens with one attached hydrogen (secondary N) is 2. The minimum Gasteiger partial charge on any atom is -0.357 e. The van der Waals surface area contributed by atoms with Gasteiger partial charge in [0.2, 0.25) is 0 Å². The van der Waals surface area contributed by atoms with Gasteiger partial charge in [0.05, 0.1) is 5.92 Å². The molecule has 1 saturated carbocycles. The van der Waals surface area contributed by atoms with Crippen LogP contribution < -0.4 is 10.6 Å². The molecule has 1 aliphatic carbocycles. The molecule has 0 radical (unpaired) electrons. The quantitative estimate of drug-likeness (QED) is 0.658. The first kappa shape index (κ1) is 17.7. The molecule has 0 aromatic carbocycles. The van der Waals surface area contributed by atoms with Crippen LogP contribution in [0, 0.1) is 11.8 Å². The van der Waals surface area contributed by atoms with Crippen LogP contribution in [0.25, 0.3) is 0 Å². The highest BCUT2D eigenvalue weighted by Gasteiger charge is 2.41. The zero-order chi connectivity index (χ0) is 16.9. The van der Waals surface area contributed by atoms with Gasteiger partial charge < -0.3 is 15.2 Å². The second kappa shape index (κ2) is 7.75. The van der Waals surface area contributed by atoms with Gasteiger partial charge in [-0.05, 0) is 43.2 Å². The summed E-state index contributed by atoms with van der Waals surface area (Å²) in [6.45, 7) is 1.33. The van der Waals surface area contributed by atoms with Crippen molar-refractivity contribution in [2.24, 2.45) is 23.9 Å². The summed E-state index contributed by atoms with van der Waals surface area (Å²) < 4.78 is 39.9. The van der Waals surface area contributed by atoms with E-state index in [2.05, 4.69) is 15.6 Å². The molecule has 4 nitrogen and oxygen atoms in total. The molecule has 2 N–H and O–H groups in total. The van der Waals surface area contributed by atoms with Crippen molar-refractivity contribution in [3.05, 3.63) is 24.0 Å². The van der Waals surface area contributed by atoms with Gasteiger partial charge in [0.15, 0.2) is 5.96 Å². The Labute approximate surface area is 135 Å². The molecule has 7 heteroatoms. The normalized spacial score (nSPS) is 22.9. The van der Waals surface area contributed by atoms with Crippen molar-refractivity contribution in [1.29, 1.82) is 0 Å². The fourth-order valence-electron chi connectivity index (χ4n) is 3.01. The smallest absolute Gasteiger partial charge is 0.357 e. The second-order valence-electron chi connectivity index (χ2n) is 6.25. The second-order valence-corrected chi connectivity index (χ2v) is 6.25. The molecule has 1 aromatic heterocycles. The number of hydrogen-bond acceptors (Lipinski definition) is 1. The summed E-state index contributed by atoms with van der Waals surface area (Å²) >= 11 is 0. The van der Waals surface area contributed by atoms with Crippen LogP contribution in [0.3, 0.4) is 0 Å². The highest BCUT2D eigenvalue weighted by atomic mass is 19.4. The Morgan fingerprint density at radius 3 is 2.48 bits per heavy atom. The highest BCUT2D eigenvalue weighted by Crippen LogP contribution is 2.39. The Hall–Kier alpha value is -1.66. The molecule has 23 heavy (non-hydrogen) atoms. The average molecular weight is 330 g/mol. The van der Waals surface area contributed by atoms with Crippen molar-refractivity contribution >= 4 is 5.96 Å². The molecule has 130 valence electrons. The molecular formula is C16H25F3N4. The first-order chi connectivity index (χ1) is 10.9. The minimum atomic E-state index is -4.04. The van der Waals surface area contributed by atoms with Crippen molar-refractivity contribution in [2.75, 3.05) is 13.6 Å². The SMILES string of the molecule is CN=C(NCc1ccn(C)c1)NCC1CCC(C(F)(F)F)CC1. The van der Waals surface area contributed by atoms with Gasteiger partial charge >= 0.3 is 6.18 Å². The Bertz CT molecular complexity index is 514. The number of halogens is 3. The fourth-order valence-corrected chi connectivity index (χ4v) is 3.01. The number of aliphatic imine (C=N–C) groups is 1. The first-order valence-electron chi connectivity index (χ1n) is 8.00. The van der Waals surface area contributed by atoms with E-state index in [1.807, 2.05) is 30.1 Å². The van der Waals surface area contributed by atoms with Gasteiger partial charge in [-0.2, -0.15) is 13.2 Å². The summed E-state index contributed by atoms with van der Waals surface area (Å²) in [5.41, 5.74) is 1.15. The van der Waals surface area contributed by atoms with E-state index in [0.29, 0.717) is 31.9 Å². The van der Waals surface area contributed by atoms with Crippen molar-refractivity contribution in [3.8, 4) is 0 Å². The van der Waals surface area contributed by atoms with Gasteiger partial charge in [-0.3, -0.25) is 4.99 Å². The highest BCUT2D eigenvalue weighted by molar-refractivity contribution is 5.79. The van der Waals surface area contributed by atoms with Crippen molar-refractivity contribution in [2.45, 2.75) is 38.4 Å². The van der Waals surface area contributed by atoms with Gasteiger partial charge in [-0.15, -0.1) is 0 Å². The van der Waals surface area contributed by atoms with Crippen molar-refractivity contribution in [1.82, 2.24) is 15.2 Å². The molecule has 0 amide bonds. The lowest BCUT2D eigenvalue weighted by molar-refractivity contribution is -0.183. The topological polar surface area (TPSA) is 41.4 Å². The van der Waals surface area contributed by atoms with Crippen LogP contribution in [0.15, 0.2) is 23.5 Å². The molecule has 0 aliphatic heterocycles. The number of alkyl halides is 3. The van der Waals surface area contributed by atoms with Crippen LogP contribution in [0.4, 0.5) is 13.2 Å². The first-order valence-corrected chi connectivity index (χ1v) is 8.00. The van der Waals surface area contributed by atoms with Crippen LogP contribution in [-0.2, 0) is 13.6 Å². The van der Waals surface area contributed by atoms with Crippen molar-refractivity contribution < 1.29 is 13.2 Å². The van der Waals surface area contributed by atoms with E-state index >= 15 is 0 Å². The maximum atomic E-state index is 12.7. The van der Waals surface area contributed by atoms with E-state index in [4.69, 9.17) is 0 Å². The third kappa shape index (κ3) is 5.48. The zero-order valence-corrected chi connectivity index (χ0v) is 13.7. The summed E-state index contributed by atoms with van der Waals surface area (Å²) in [5, 5.41) is 6.44. The summed E-state index contributed by atoms with van der Waals surface area (Å²) in [7, 11) is 3.66. The lowest BCUT2D eigenvalue weighted by Crippen LogP contribution is -2.40. The Balaban J connectivity index is 1.70. The fraction of sp³-hybridized carbons (Fsp3) is 0.688. The maximum Gasteiger partial charge on any atom is 0.391 e. The zero-order valence-electron chi connectivity index (χ0n) is 13.7. The third-order valence-corrected chi connectivity index (χ3v) is 4.44. The van der Waals surface area contributed by atoms with E-state index in [0.717, 1.165) is 5.56 Å². The molecule has 1 aliphatic rings. The summed E-state index contributed by atoms with van der Waals surface area (Å²) in [4.78, 5) is 4.16. The molecule has 1 heterocycles. The number of hydrogen-bond donors (Lipinski definition) is 2. The molecule has 0 unspecified atom stereocenters. The molecule has 0 saturated heterocycles. The van der Waals surface area contributed by atoms with Crippen LogP contribution >= 0.6 is 0 Å². The minimum absolute atomic E-state index is 0.242. The van der Waals surface area contributed by atoms with Crippen molar-refractivity contribution in [3.63, 3.8) is 0 Å². The molecule has 1 fully saturated rings. The standard InChI is InChI=1S/C16H25F3N4/c1-20-15(22-10-13-7-8-23(2)11-13)21-9-12-3-5-14(6-4-12)16(17,18)19/h7-8,11-12,14H,3-6,9-10H2,1-2H3,(H2,20,21,22). The maximum absolute atomic E-state index is 12.7. The summed E-state index contributed by atoms with van der Waals surface area (Å²) in [6, 6.07) is 2.03. The van der Waals surface area contributed by atoms with Crippen LogP contribution in [0.2, 0.25) is 0 Å². The van der Waals surface area contributed by atoms with Crippen LogP contribution in [0.5, 0.6) is 0 Å². The summed E-state index contributed by atoms with van der Waals surface area (Å²) in [6.07, 6.45) is 1.69. The third-order valence-electron chi connectivity index (χ3n) is 4.44. The van der Waals surface area contributed by atoms with Gasteiger partial charge in [0, 0.05) is 39.6 Å². The molecule has 0 atom stereocenters. The predicted molar refractivity (Wildman–Crippen MR) is 85.1 cm³/mol. The monoisotopic (exact) mass is 330 g/mol. The molecule has 0 bridgehead atoms. The van der Waals surface area contributed by atoms with Crippen LogP contribution in [0.1, 0.15) is 31.2 Å². The number of aryl methyl sites for hydroxylation is 1. The number of rotatable bonds is 4. The number of aromatic nitrogens is 1. The molecule has 0 spiro atoms. The van der Waals surface area contributed by atoms with Crippen LogP contribution in [-0.4, -0.2) is 30.3 Å². The van der Waals surface area contributed by atoms with E-state index in [9.17, 15) is 13.2 Å². The van der Waals surface area contributed by atoms with Gasteiger partial charge in [-0.25, -0.2) is 0 Å². The summed E-state index contributed by atoms with van der Waals surface area (Å²) in [5.74, 6) is -0.148. The molecular weight excluding hydrogens is 305 g/mol. The van der Waals surface area contributed by atoms with Gasteiger partial charge in [0.1, 0.15) is 0 Å². The lowest BCUT2D eigenvalue weighted by atomic mass is 9.81. The molecule has 1 aromatic rings. The largest absolute Gasteiger partial charge is 0.391 e. The Kier molecular flexibility index (Phi) is 5.96. The Morgan fingerprint density at radius 1 is 1.26 bits per heavy atom. The van der Waals surface area contributed by atoms with E-state index in [1.54, 1.807) is 7.05 Å². The van der Waals surface area contributed by atoms with E-state index in [1.165, 1.54) is 0 Å². The lowest BCUT2D eigenvalue weighted by Gasteiger charge is -2.30. The van der Waals surface area contributed by atoms with Gasteiger partial charge in [-0.1, -0.05) is 0 Å². The number of nitrogens with zero attached hydrogens (tertiary/aromatic N) is 2. The van der Waals surface area contributed by atoms with E-state index < -0.39 is 12.1 Å². The molecule has 2 rings (SSSR count). The Morgan fingerprint density at radius 2 is 1.96 bits per heavy atom. The predicted octanol–water partition coefficient (Wildman–Crippen LogP) is 3.06. The van der Waals surface area contributed by atoms with E-state index in [-0.39, 0.29) is 18.8 Å². The van der Waals surface area contributed by atoms with Gasteiger partial charge in [0.25, 0.3) is 0 Å².